The molecule has 1 nitrogen and oxygen atoms in total. The van der Waals surface area contributed by atoms with Gasteiger partial charge in [0.05, 0.1) is 10.7 Å². The average molecular weight is 261 g/mol. The van der Waals surface area contributed by atoms with E-state index in [1.165, 1.54) is 0 Å². The van der Waals surface area contributed by atoms with Crippen LogP contribution in [0.3, 0.4) is 0 Å². The largest absolute Gasteiger partial charge is 0.379 e. The van der Waals surface area contributed by atoms with E-state index in [2.05, 4.69) is 27.8 Å². The van der Waals surface area contributed by atoms with E-state index in [1.807, 2.05) is 25.1 Å². The monoisotopic (exact) mass is 259 g/mol. The number of hydrogen-bond donors (Lipinski definition) is 1. The van der Waals surface area contributed by atoms with E-state index < -0.39 is 0 Å². The maximum Gasteiger partial charge on any atom is 0.0640 e. The molecule has 0 saturated carbocycles. The van der Waals surface area contributed by atoms with Gasteiger partial charge in [-0.15, -0.1) is 0 Å². The zero-order chi connectivity index (χ0) is 9.84. The highest BCUT2D eigenvalue weighted by Gasteiger charge is 1.98. The Labute approximate surface area is 91.9 Å². The summed E-state index contributed by atoms with van der Waals surface area (Å²) in [7, 11) is 0. The van der Waals surface area contributed by atoms with Gasteiger partial charge < -0.3 is 5.32 Å². The minimum absolute atomic E-state index is 0.683. The second kappa shape index (κ2) is 4.68. The highest BCUT2D eigenvalue weighted by atomic mass is 79.9. The van der Waals surface area contributed by atoms with Crippen LogP contribution in [-0.4, -0.2) is 6.54 Å². The normalized spacial score (nSPS) is 9.77. The number of hydrogen-bond acceptors (Lipinski definition) is 1. The van der Waals surface area contributed by atoms with Crippen molar-refractivity contribution in [2.45, 2.75) is 6.92 Å². The molecular formula is C10H11BrClN. The van der Waals surface area contributed by atoms with Crippen LogP contribution in [0.2, 0.25) is 5.02 Å². The molecular weight excluding hydrogens is 249 g/mol. The molecule has 13 heavy (non-hydrogen) atoms. The van der Waals surface area contributed by atoms with Crippen LogP contribution in [0.4, 0.5) is 5.69 Å². The van der Waals surface area contributed by atoms with Gasteiger partial charge in [-0.1, -0.05) is 40.2 Å². The summed E-state index contributed by atoms with van der Waals surface area (Å²) in [5, 5.41) is 3.91. The highest BCUT2D eigenvalue weighted by molar-refractivity contribution is 9.11. The predicted molar refractivity (Wildman–Crippen MR) is 62.7 cm³/mol. The summed E-state index contributed by atoms with van der Waals surface area (Å²) in [4.78, 5) is 0. The van der Waals surface area contributed by atoms with Crippen molar-refractivity contribution in [3.8, 4) is 0 Å². The maximum atomic E-state index is 6.01. The molecule has 0 aliphatic rings. The van der Waals surface area contributed by atoms with Crippen molar-refractivity contribution in [2.75, 3.05) is 11.9 Å². The molecule has 0 radical (unpaired) electrons. The third-order valence-electron chi connectivity index (χ3n) is 1.60. The van der Waals surface area contributed by atoms with Crippen molar-refractivity contribution in [3.05, 3.63) is 39.8 Å². The van der Waals surface area contributed by atoms with E-state index in [0.29, 0.717) is 6.54 Å². The van der Waals surface area contributed by atoms with Crippen LogP contribution in [0, 0.1) is 6.92 Å². The molecule has 0 heterocycles. The first-order valence-electron chi connectivity index (χ1n) is 3.93. The van der Waals surface area contributed by atoms with Crippen molar-refractivity contribution in [3.63, 3.8) is 0 Å². The fourth-order valence-corrected chi connectivity index (χ4v) is 1.40. The van der Waals surface area contributed by atoms with Gasteiger partial charge in [-0.3, -0.25) is 0 Å². The Morgan fingerprint density at radius 2 is 2.31 bits per heavy atom. The van der Waals surface area contributed by atoms with Crippen LogP contribution in [0.5, 0.6) is 0 Å². The summed E-state index contributed by atoms with van der Waals surface area (Å²) in [6, 6.07) is 5.92. The number of aryl methyl sites for hydroxylation is 1. The van der Waals surface area contributed by atoms with Crippen LogP contribution >= 0.6 is 27.5 Å². The third-order valence-corrected chi connectivity index (χ3v) is 2.19. The van der Waals surface area contributed by atoms with Gasteiger partial charge in [0.15, 0.2) is 0 Å². The molecule has 1 aromatic rings. The molecule has 1 aromatic carbocycles. The second-order valence-electron chi connectivity index (χ2n) is 2.85. The molecule has 0 aromatic heterocycles. The summed E-state index contributed by atoms with van der Waals surface area (Å²) in [6.07, 6.45) is 0. The van der Waals surface area contributed by atoms with Crippen molar-refractivity contribution >= 4 is 33.2 Å². The van der Waals surface area contributed by atoms with E-state index in [4.69, 9.17) is 11.6 Å². The van der Waals surface area contributed by atoms with E-state index >= 15 is 0 Å². The molecule has 0 unspecified atom stereocenters. The summed E-state index contributed by atoms with van der Waals surface area (Å²) < 4.78 is 0.907. The Bertz CT molecular complexity index is 323. The SMILES string of the molecule is C=C(Br)CNc1ccc(C)cc1Cl. The van der Waals surface area contributed by atoms with Crippen molar-refractivity contribution < 1.29 is 0 Å². The lowest BCUT2D eigenvalue weighted by molar-refractivity contribution is 1.32. The fraction of sp³-hybridized carbons (Fsp3) is 0.200. The topological polar surface area (TPSA) is 12.0 Å². The Morgan fingerprint density at radius 1 is 1.62 bits per heavy atom. The Morgan fingerprint density at radius 3 is 2.85 bits per heavy atom. The summed E-state index contributed by atoms with van der Waals surface area (Å²) in [5.74, 6) is 0. The standard InChI is InChI=1S/C10H11BrClN/c1-7-3-4-10(9(12)5-7)13-6-8(2)11/h3-5,13H,2,6H2,1H3. The first-order valence-corrected chi connectivity index (χ1v) is 5.10. The average Bonchev–Trinajstić information content (AvgIpc) is 2.02. The molecule has 0 fully saturated rings. The molecule has 1 N–H and O–H groups in total. The van der Waals surface area contributed by atoms with Gasteiger partial charge in [-0.05, 0) is 24.6 Å². The minimum Gasteiger partial charge on any atom is -0.379 e. The van der Waals surface area contributed by atoms with Gasteiger partial charge in [-0.25, -0.2) is 0 Å². The first-order chi connectivity index (χ1) is 6.09. The summed E-state index contributed by atoms with van der Waals surface area (Å²) >= 11 is 9.28. The van der Waals surface area contributed by atoms with Crippen molar-refractivity contribution in [2.24, 2.45) is 0 Å². The van der Waals surface area contributed by atoms with E-state index in [0.717, 1.165) is 20.8 Å². The molecule has 3 heteroatoms. The van der Waals surface area contributed by atoms with Crippen molar-refractivity contribution in [1.29, 1.82) is 0 Å². The highest BCUT2D eigenvalue weighted by Crippen LogP contribution is 2.22. The van der Waals surface area contributed by atoms with E-state index in [-0.39, 0.29) is 0 Å². The summed E-state index contributed by atoms with van der Waals surface area (Å²) in [5.41, 5.74) is 2.10. The van der Waals surface area contributed by atoms with Gasteiger partial charge >= 0.3 is 0 Å². The molecule has 1 rings (SSSR count). The third kappa shape index (κ3) is 3.41. The van der Waals surface area contributed by atoms with Crippen molar-refractivity contribution in [1.82, 2.24) is 0 Å². The number of benzene rings is 1. The van der Waals surface area contributed by atoms with E-state index in [1.54, 1.807) is 0 Å². The lowest BCUT2D eigenvalue weighted by Crippen LogP contribution is -2.00. The number of rotatable bonds is 3. The minimum atomic E-state index is 0.683. The molecule has 0 aliphatic heterocycles. The Balaban J connectivity index is 2.72. The molecule has 0 saturated heterocycles. The van der Waals surface area contributed by atoms with Crippen LogP contribution < -0.4 is 5.32 Å². The van der Waals surface area contributed by atoms with Gasteiger partial charge in [0.1, 0.15) is 0 Å². The number of anilines is 1. The first kappa shape index (κ1) is 10.6. The smallest absolute Gasteiger partial charge is 0.0640 e. The summed E-state index contributed by atoms with van der Waals surface area (Å²) in [6.45, 7) is 6.42. The lowest BCUT2D eigenvalue weighted by Gasteiger charge is -2.07. The molecule has 0 amide bonds. The van der Waals surface area contributed by atoms with Crippen LogP contribution in [-0.2, 0) is 0 Å². The van der Waals surface area contributed by atoms with Crippen LogP contribution in [0.1, 0.15) is 5.56 Å². The molecule has 70 valence electrons. The molecule has 0 atom stereocenters. The second-order valence-corrected chi connectivity index (χ2v) is 4.38. The van der Waals surface area contributed by atoms with Gasteiger partial charge in [-0.2, -0.15) is 0 Å². The molecule has 0 spiro atoms. The molecule has 0 bridgehead atoms. The zero-order valence-corrected chi connectivity index (χ0v) is 9.74. The van der Waals surface area contributed by atoms with Gasteiger partial charge in [0, 0.05) is 11.0 Å². The Hall–Kier alpha value is -0.470. The fourth-order valence-electron chi connectivity index (χ4n) is 0.955. The van der Waals surface area contributed by atoms with E-state index in [9.17, 15) is 0 Å². The Kier molecular flexibility index (Phi) is 3.82. The quantitative estimate of drug-likeness (QED) is 0.867. The maximum absolute atomic E-state index is 6.01. The predicted octanol–water partition coefficient (Wildman–Crippen LogP) is 3.97. The zero-order valence-electron chi connectivity index (χ0n) is 7.40. The van der Waals surface area contributed by atoms with Gasteiger partial charge in [0.25, 0.3) is 0 Å². The number of halogens is 2. The van der Waals surface area contributed by atoms with Gasteiger partial charge in [0.2, 0.25) is 0 Å². The number of nitrogens with one attached hydrogen (secondary N) is 1. The van der Waals surface area contributed by atoms with Crippen LogP contribution in [0.25, 0.3) is 0 Å². The molecule has 0 aliphatic carbocycles. The lowest BCUT2D eigenvalue weighted by atomic mass is 10.2. The van der Waals surface area contributed by atoms with Crippen LogP contribution in [0.15, 0.2) is 29.3 Å².